The SMILES string of the molecule is Cn1ccnc1C(=O)c1ccc(CCN)cc1. The molecule has 0 unspecified atom stereocenters. The molecule has 0 atom stereocenters. The molecule has 2 rings (SSSR count). The Balaban J connectivity index is 2.23. The number of ketones is 1. The van der Waals surface area contributed by atoms with E-state index in [1.165, 1.54) is 0 Å². The van der Waals surface area contributed by atoms with Crippen molar-refractivity contribution in [2.75, 3.05) is 6.54 Å². The summed E-state index contributed by atoms with van der Waals surface area (Å²) in [6.07, 6.45) is 4.21. The maximum absolute atomic E-state index is 12.1. The first kappa shape index (κ1) is 11.5. The summed E-state index contributed by atoms with van der Waals surface area (Å²) in [6.45, 7) is 0.618. The zero-order chi connectivity index (χ0) is 12.3. The van der Waals surface area contributed by atoms with Gasteiger partial charge in [-0.15, -0.1) is 0 Å². The molecule has 0 amide bonds. The number of benzene rings is 1. The van der Waals surface area contributed by atoms with Gasteiger partial charge in [0.1, 0.15) is 0 Å². The molecule has 2 aromatic rings. The Morgan fingerprint density at radius 2 is 2.06 bits per heavy atom. The van der Waals surface area contributed by atoms with E-state index in [-0.39, 0.29) is 5.78 Å². The summed E-state index contributed by atoms with van der Waals surface area (Å²) in [5, 5.41) is 0. The monoisotopic (exact) mass is 229 g/mol. The van der Waals surface area contributed by atoms with Crippen molar-refractivity contribution in [1.82, 2.24) is 9.55 Å². The number of hydrogen-bond acceptors (Lipinski definition) is 3. The minimum absolute atomic E-state index is 0.0585. The maximum Gasteiger partial charge on any atom is 0.228 e. The summed E-state index contributed by atoms with van der Waals surface area (Å²) in [5.74, 6) is 0.397. The van der Waals surface area contributed by atoms with Crippen LogP contribution in [0.25, 0.3) is 0 Å². The van der Waals surface area contributed by atoms with Crippen LogP contribution >= 0.6 is 0 Å². The van der Waals surface area contributed by atoms with Crippen LogP contribution in [0, 0.1) is 0 Å². The second-order valence-electron chi connectivity index (χ2n) is 3.93. The Hall–Kier alpha value is -1.94. The fraction of sp³-hybridized carbons (Fsp3) is 0.231. The Kier molecular flexibility index (Phi) is 3.35. The summed E-state index contributed by atoms with van der Waals surface area (Å²) in [5.41, 5.74) is 7.27. The predicted molar refractivity (Wildman–Crippen MR) is 65.8 cm³/mol. The van der Waals surface area contributed by atoms with Gasteiger partial charge in [-0.25, -0.2) is 4.98 Å². The molecule has 4 nitrogen and oxygen atoms in total. The fourth-order valence-corrected chi connectivity index (χ4v) is 1.70. The molecule has 0 aliphatic carbocycles. The molecule has 4 heteroatoms. The van der Waals surface area contributed by atoms with Crippen molar-refractivity contribution in [2.45, 2.75) is 6.42 Å². The lowest BCUT2D eigenvalue weighted by Crippen LogP contribution is -2.09. The van der Waals surface area contributed by atoms with Crippen LogP contribution in [0.3, 0.4) is 0 Å². The largest absolute Gasteiger partial charge is 0.331 e. The van der Waals surface area contributed by atoms with Crippen LogP contribution in [0.4, 0.5) is 0 Å². The quantitative estimate of drug-likeness (QED) is 0.800. The van der Waals surface area contributed by atoms with Crippen molar-refractivity contribution in [3.8, 4) is 0 Å². The van der Waals surface area contributed by atoms with E-state index >= 15 is 0 Å². The fourth-order valence-electron chi connectivity index (χ4n) is 1.70. The average molecular weight is 229 g/mol. The zero-order valence-electron chi connectivity index (χ0n) is 9.76. The summed E-state index contributed by atoms with van der Waals surface area (Å²) < 4.78 is 1.72. The van der Waals surface area contributed by atoms with Gasteiger partial charge < -0.3 is 10.3 Å². The minimum Gasteiger partial charge on any atom is -0.331 e. The molecule has 0 saturated carbocycles. The van der Waals surface area contributed by atoms with Gasteiger partial charge in [-0.1, -0.05) is 24.3 Å². The molecular weight excluding hydrogens is 214 g/mol. The predicted octanol–water partition coefficient (Wildman–Crippen LogP) is 1.15. The van der Waals surface area contributed by atoms with Crippen molar-refractivity contribution in [3.05, 3.63) is 53.6 Å². The van der Waals surface area contributed by atoms with Crippen LogP contribution in [0.1, 0.15) is 21.7 Å². The molecule has 1 heterocycles. The van der Waals surface area contributed by atoms with Gasteiger partial charge in [0, 0.05) is 25.0 Å². The normalized spacial score (nSPS) is 10.5. The highest BCUT2D eigenvalue weighted by atomic mass is 16.1. The molecule has 1 aromatic heterocycles. The highest BCUT2D eigenvalue weighted by Crippen LogP contribution is 2.09. The molecule has 0 saturated heterocycles. The summed E-state index contributed by atoms with van der Waals surface area (Å²) in [4.78, 5) is 16.1. The maximum atomic E-state index is 12.1. The third-order valence-corrected chi connectivity index (χ3v) is 2.67. The van der Waals surface area contributed by atoms with Gasteiger partial charge in [0.05, 0.1) is 0 Å². The van der Waals surface area contributed by atoms with Crippen LogP contribution in [-0.4, -0.2) is 21.9 Å². The Labute approximate surface area is 100 Å². The van der Waals surface area contributed by atoms with Crippen LogP contribution in [0.15, 0.2) is 36.7 Å². The zero-order valence-corrected chi connectivity index (χ0v) is 9.76. The van der Waals surface area contributed by atoms with E-state index in [0.29, 0.717) is 17.9 Å². The first-order valence-electron chi connectivity index (χ1n) is 5.53. The molecule has 0 aliphatic heterocycles. The second-order valence-corrected chi connectivity index (χ2v) is 3.93. The standard InChI is InChI=1S/C13H15N3O/c1-16-9-8-15-13(16)12(17)11-4-2-10(3-5-11)6-7-14/h2-5,8-9H,6-7,14H2,1H3. The molecule has 0 spiro atoms. The van der Waals surface area contributed by atoms with Crippen LogP contribution in [0.5, 0.6) is 0 Å². The molecule has 0 radical (unpaired) electrons. The molecule has 2 N–H and O–H groups in total. The minimum atomic E-state index is -0.0585. The Morgan fingerprint density at radius 1 is 1.35 bits per heavy atom. The lowest BCUT2D eigenvalue weighted by atomic mass is 10.1. The molecule has 17 heavy (non-hydrogen) atoms. The van der Waals surface area contributed by atoms with Crippen molar-refractivity contribution in [2.24, 2.45) is 12.8 Å². The molecular formula is C13H15N3O. The first-order valence-corrected chi connectivity index (χ1v) is 5.53. The number of rotatable bonds is 4. The van der Waals surface area contributed by atoms with Gasteiger partial charge in [-0.3, -0.25) is 4.79 Å². The van der Waals surface area contributed by atoms with Gasteiger partial charge in [0.25, 0.3) is 0 Å². The Morgan fingerprint density at radius 3 is 2.59 bits per heavy atom. The van der Waals surface area contributed by atoms with Crippen molar-refractivity contribution in [3.63, 3.8) is 0 Å². The van der Waals surface area contributed by atoms with E-state index in [0.717, 1.165) is 12.0 Å². The first-order chi connectivity index (χ1) is 8.22. The summed E-state index contributed by atoms with van der Waals surface area (Å²) >= 11 is 0. The summed E-state index contributed by atoms with van der Waals surface area (Å²) in [7, 11) is 1.81. The topological polar surface area (TPSA) is 60.9 Å². The van der Waals surface area contributed by atoms with E-state index in [1.54, 1.807) is 17.0 Å². The lowest BCUT2D eigenvalue weighted by molar-refractivity contribution is 0.102. The molecule has 88 valence electrons. The van der Waals surface area contributed by atoms with Gasteiger partial charge in [-0.05, 0) is 18.5 Å². The number of aromatic nitrogens is 2. The number of carbonyl (C=O) groups excluding carboxylic acids is 1. The van der Waals surface area contributed by atoms with E-state index in [4.69, 9.17) is 5.73 Å². The van der Waals surface area contributed by atoms with Crippen molar-refractivity contribution >= 4 is 5.78 Å². The third-order valence-electron chi connectivity index (χ3n) is 2.67. The van der Waals surface area contributed by atoms with Crippen molar-refractivity contribution in [1.29, 1.82) is 0 Å². The highest BCUT2D eigenvalue weighted by Gasteiger charge is 2.12. The van der Waals surface area contributed by atoms with E-state index in [9.17, 15) is 4.79 Å². The molecule has 1 aromatic carbocycles. The van der Waals surface area contributed by atoms with E-state index in [2.05, 4.69) is 4.98 Å². The number of nitrogens with two attached hydrogens (primary N) is 1. The summed E-state index contributed by atoms with van der Waals surface area (Å²) in [6, 6.07) is 7.51. The van der Waals surface area contributed by atoms with Gasteiger partial charge >= 0.3 is 0 Å². The number of carbonyl (C=O) groups is 1. The number of imidazole rings is 1. The van der Waals surface area contributed by atoms with Crippen LogP contribution in [0.2, 0.25) is 0 Å². The smallest absolute Gasteiger partial charge is 0.228 e. The van der Waals surface area contributed by atoms with Gasteiger partial charge in [-0.2, -0.15) is 0 Å². The Bertz CT molecular complexity index is 514. The van der Waals surface area contributed by atoms with Crippen LogP contribution in [-0.2, 0) is 13.5 Å². The number of aryl methyl sites for hydroxylation is 1. The van der Waals surface area contributed by atoms with E-state index in [1.807, 2.05) is 31.3 Å². The van der Waals surface area contributed by atoms with Gasteiger partial charge in [0.15, 0.2) is 5.82 Å². The number of hydrogen-bond donors (Lipinski definition) is 1. The highest BCUT2D eigenvalue weighted by molar-refractivity contribution is 6.06. The third kappa shape index (κ3) is 2.42. The lowest BCUT2D eigenvalue weighted by Gasteiger charge is -2.03. The average Bonchev–Trinajstić information content (AvgIpc) is 2.76. The second kappa shape index (κ2) is 4.93. The van der Waals surface area contributed by atoms with E-state index < -0.39 is 0 Å². The van der Waals surface area contributed by atoms with Gasteiger partial charge in [0.2, 0.25) is 5.78 Å². The number of nitrogens with zero attached hydrogens (tertiary/aromatic N) is 2. The molecule has 0 bridgehead atoms. The van der Waals surface area contributed by atoms with Crippen molar-refractivity contribution < 1.29 is 4.79 Å². The van der Waals surface area contributed by atoms with Crippen LogP contribution < -0.4 is 5.73 Å². The molecule has 0 aliphatic rings. The molecule has 0 fully saturated rings.